The number of anilines is 1. The Hall–Kier alpha value is -1.88. The van der Waals surface area contributed by atoms with Crippen LogP contribution in [0.5, 0.6) is 0 Å². The third-order valence-electron chi connectivity index (χ3n) is 2.58. The largest absolute Gasteiger partial charge is 0.325 e. The van der Waals surface area contributed by atoms with Gasteiger partial charge in [-0.25, -0.2) is 5.43 Å². The summed E-state index contributed by atoms with van der Waals surface area (Å²) < 4.78 is 0. The van der Waals surface area contributed by atoms with E-state index in [1.54, 1.807) is 0 Å². The lowest BCUT2D eigenvalue weighted by atomic mass is 10.1. The fourth-order valence-corrected chi connectivity index (χ4v) is 1.89. The number of carbonyl (C=O) groups excluding carboxylic acids is 2. The van der Waals surface area contributed by atoms with E-state index in [4.69, 9.17) is 0 Å². The summed E-state index contributed by atoms with van der Waals surface area (Å²) in [4.78, 5) is 22.8. The SMILES string of the molecule is Cc1cc(C)cc(NC(=O)C2CC(=O)NN2)c1. The number of hydrazine groups is 1. The van der Waals surface area contributed by atoms with Gasteiger partial charge in [-0.1, -0.05) is 6.07 Å². The van der Waals surface area contributed by atoms with Gasteiger partial charge in [-0.3, -0.25) is 15.0 Å². The highest BCUT2D eigenvalue weighted by molar-refractivity contribution is 5.99. The van der Waals surface area contributed by atoms with Crippen molar-refractivity contribution in [3.05, 3.63) is 29.3 Å². The molecule has 1 fully saturated rings. The van der Waals surface area contributed by atoms with Gasteiger partial charge in [-0.05, 0) is 37.1 Å². The second-order valence-electron chi connectivity index (χ2n) is 4.31. The van der Waals surface area contributed by atoms with Crippen LogP contribution in [-0.4, -0.2) is 17.9 Å². The predicted octanol–water partition coefficient (Wildman–Crippen LogP) is 0.635. The third-order valence-corrected chi connectivity index (χ3v) is 2.58. The summed E-state index contributed by atoms with van der Waals surface area (Å²) in [6, 6.07) is 5.34. The van der Waals surface area contributed by atoms with E-state index in [0.717, 1.165) is 16.8 Å². The number of amides is 2. The molecule has 0 aromatic heterocycles. The molecule has 17 heavy (non-hydrogen) atoms. The van der Waals surface area contributed by atoms with Crippen LogP contribution in [0.15, 0.2) is 18.2 Å². The molecule has 0 spiro atoms. The molecule has 0 saturated carbocycles. The summed E-state index contributed by atoms with van der Waals surface area (Å²) in [6.45, 7) is 3.95. The molecule has 2 rings (SSSR count). The van der Waals surface area contributed by atoms with E-state index < -0.39 is 6.04 Å². The van der Waals surface area contributed by atoms with Crippen molar-refractivity contribution < 1.29 is 9.59 Å². The molecule has 2 amide bonds. The third kappa shape index (κ3) is 2.82. The monoisotopic (exact) mass is 233 g/mol. The van der Waals surface area contributed by atoms with E-state index >= 15 is 0 Å². The Morgan fingerprint density at radius 1 is 1.29 bits per heavy atom. The Balaban J connectivity index is 2.05. The molecule has 1 aliphatic rings. The zero-order valence-corrected chi connectivity index (χ0v) is 9.83. The van der Waals surface area contributed by atoms with Crippen molar-refractivity contribution in [2.24, 2.45) is 0 Å². The summed E-state index contributed by atoms with van der Waals surface area (Å²) in [5, 5.41) is 2.79. The van der Waals surface area contributed by atoms with E-state index in [1.165, 1.54) is 0 Å². The first-order valence-electron chi connectivity index (χ1n) is 5.48. The van der Waals surface area contributed by atoms with E-state index in [1.807, 2.05) is 32.0 Å². The zero-order valence-electron chi connectivity index (χ0n) is 9.83. The smallest absolute Gasteiger partial charge is 0.243 e. The molecular weight excluding hydrogens is 218 g/mol. The lowest BCUT2D eigenvalue weighted by Gasteiger charge is -2.11. The van der Waals surface area contributed by atoms with Crippen molar-refractivity contribution >= 4 is 17.5 Å². The fraction of sp³-hybridized carbons (Fsp3) is 0.333. The Morgan fingerprint density at radius 2 is 1.94 bits per heavy atom. The van der Waals surface area contributed by atoms with Gasteiger partial charge >= 0.3 is 0 Å². The minimum absolute atomic E-state index is 0.162. The molecule has 5 heteroatoms. The van der Waals surface area contributed by atoms with Crippen LogP contribution >= 0.6 is 0 Å². The van der Waals surface area contributed by atoms with Gasteiger partial charge in [0.05, 0.1) is 6.42 Å². The summed E-state index contributed by atoms with van der Waals surface area (Å²) >= 11 is 0. The molecule has 1 saturated heterocycles. The molecule has 1 aromatic rings. The molecule has 5 nitrogen and oxygen atoms in total. The van der Waals surface area contributed by atoms with Gasteiger partial charge in [0.15, 0.2) is 0 Å². The Kier molecular flexibility index (Phi) is 3.10. The molecular formula is C12H15N3O2. The molecule has 1 aromatic carbocycles. The van der Waals surface area contributed by atoms with Gasteiger partial charge in [0, 0.05) is 5.69 Å². The van der Waals surface area contributed by atoms with E-state index in [-0.39, 0.29) is 18.2 Å². The summed E-state index contributed by atoms with van der Waals surface area (Å²) in [5.41, 5.74) is 7.99. The number of rotatable bonds is 2. The van der Waals surface area contributed by atoms with Gasteiger partial charge in [-0.2, -0.15) is 0 Å². The number of benzene rings is 1. The second-order valence-corrected chi connectivity index (χ2v) is 4.31. The van der Waals surface area contributed by atoms with Crippen molar-refractivity contribution in [2.75, 3.05) is 5.32 Å². The first-order valence-corrected chi connectivity index (χ1v) is 5.48. The van der Waals surface area contributed by atoms with Crippen LogP contribution in [0, 0.1) is 13.8 Å². The van der Waals surface area contributed by atoms with Crippen molar-refractivity contribution in [1.29, 1.82) is 0 Å². The standard InChI is InChI=1S/C12H15N3O2/c1-7-3-8(2)5-9(4-7)13-12(17)10-6-11(16)15-14-10/h3-5,10,14H,6H2,1-2H3,(H,13,17)(H,15,16). The molecule has 3 N–H and O–H groups in total. The van der Waals surface area contributed by atoms with Crippen LogP contribution < -0.4 is 16.2 Å². The van der Waals surface area contributed by atoms with Crippen LogP contribution in [-0.2, 0) is 9.59 Å². The number of carbonyl (C=O) groups is 2. The number of hydrogen-bond acceptors (Lipinski definition) is 3. The van der Waals surface area contributed by atoms with Crippen LogP contribution in [0.3, 0.4) is 0 Å². The van der Waals surface area contributed by atoms with E-state index in [0.29, 0.717) is 0 Å². The average Bonchev–Trinajstić information content (AvgIpc) is 2.63. The van der Waals surface area contributed by atoms with Gasteiger partial charge in [0.2, 0.25) is 11.8 Å². The Labute approximate surface area is 99.6 Å². The molecule has 0 radical (unpaired) electrons. The van der Waals surface area contributed by atoms with Crippen LogP contribution in [0.1, 0.15) is 17.5 Å². The molecule has 0 bridgehead atoms. The van der Waals surface area contributed by atoms with Crippen LogP contribution in [0.25, 0.3) is 0 Å². The molecule has 1 atom stereocenters. The first-order chi connectivity index (χ1) is 8.04. The molecule has 1 unspecified atom stereocenters. The van der Waals surface area contributed by atoms with Crippen LogP contribution in [0.2, 0.25) is 0 Å². The quantitative estimate of drug-likeness (QED) is 0.702. The highest BCUT2D eigenvalue weighted by atomic mass is 16.2. The Morgan fingerprint density at radius 3 is 2.47 bits per heavy atom. The number of hydrogen-bond donors (Lipinski definition) is 3. The molecule has 1 aliphatic heterocycles. The molecule has 90 valence electrons. The molecule has 0 aliphatic carbocycles. The summed E-state index contributed by atoms with van der Waals surface area (Å²) in [7, 11) is 0. The van der Waals surface area contributed by atoms with Crippen molar-refractivity contribution in [1.82, 2.24) is 10.9 Å². The lowest BCUT2D eigenvalue weighted by Crippen LogP contribution is -2.39. The van der Waals surface area contributed by atoms with Crippen molar-refractivity contribution in [3.8, 4) is 0 Å². The number of aryl methyl sites for hydroxylation is 2. The Bertz CT molecular complexity index is 451. The predicted molar refractivity (Wildman–Crippen MR) is 64.2 cm³/mol. The maximum Gasteiger partial charge on any atom is 0.243 e. The molecule has 1 heterocycles. The topological polar surface area (TPSA) is 70.2 Å². The van der Waals surface area contributed by atoms with Gasteiger partial charge in [0.25, 0.3) is 0 Å². The second kappa shape index (κ2) is 4.55. The van der Waals surface area contributed by atoms with Gasteiger partial charge in [-0.15, -0.1) is 0 Å². The minimum atomic E-state index is -0.497. The van der Waals surface area contributed by atoms with Crippen molar-refractivity contribution in [3.63, 3.8) is 0 Å². The van der Waals surface area contributed by atoms with Crippen LogP contribution in [0.4, 0.5) is 5.69 Å². The minimum Gasteiger partial charge on any atom is -0.325 e. The van der Waals surface area contributed by atoms with Gasteiger partial charge < -0.3 is 5.32 Å². The maximum absolute atomic E-state index is 11.8. The first kappa shape index (κ1) is 11.6. The zero-order chi connectivity index (χ0) is 12.4. The summed E-state index contributed by atoms with van der Waals surface area (Å²) in [6.07, 6.45) is 0.177. The van der Waals surface area contributed by atoms with Gasteiger partial charge in [0.1, 0.15) is 6.04 Å². The maximum atomic E-state index is 11.8. The van der Waals surface area contributed by atoms with E-state index in [9.17, 15) is 9.59 Å². The highest BCUT2D eigenvalue weighted by Gasteiger charge is 2.27. The van der Waals surface area contributed by atoms with E-state index in [2.05, 4.69) is 16.2 Å². The normalized spacial score (nSPS) is 18.9. The lowest BCUT2D eigenvalue weighted by molar-refractivity contribution is -0.121. The fourth-order valence-electron chi connectivity index (χ4n) is 1.89. The number of nitrogens with one attached hydrogen (secondary N) is 3. The highest BCUT2D eigenvalue weighted by Crippen LogP contribution is 2.14. The van der Waals surface area contributed by atoms with Crippen molar-refractivity contribution in [2.45, 2.75) is 26.3 Å². The summed E-state index contributed by atoms with van der Waals surface area (Å²) in [5.74, 6) is -0.362. The average molecular weight is 233 g/mol.